The smallest absolute Gasteiger partial charge is 0.143 e. The fraction of sp³-hybridized carbons (Fsp3) is 0.0417. The monoisotopic (exact) mass is 654 g/mol. The lowest BCUT2D eigenvalue weighted by Gasteiger charge is -2.36. The van der Waals surface area contributed by atoms with E-state index in [1.165, 1.54) is 38.6 Å². The van der Waals surface area contributed by atoms with Crippen molar-refractivity contribution in [2.45, 2.75) is 12.2 Å². The van der Waals surface area contributed by atoms with Gasteiger partial charge in [0.05, 0.1) is 6.04 Å². The highest BCUT2D eigenvalue weighted by molar-refractivity contribution is 6.15. The second-order valence-corrected chi connectivity index (χ2v) is 13.4. The van der Waals surface area contributed by atoms with Crippen LogP contribution in [-0.4, -0.2) is 6.04 Å². The van der Waals surface area contributed by atoms with Crippen molar-refractivity contribution in [3.63, 3.8) is 0 Å². The molecule has 0 bridgehead atoms. The molecule has 0 saturated heterocycles. The quantitative estimate of drug-likeness (QED) is 0.194. The minimum absolute atomic E-state index is 0.0517. The predicted molar refractivity (Wildman–Crippen MR) is 212 cm³/mol. The Balaban J connectivity index is 1.13. The van der Waals surface area contributed by atoms with Gasteiger partial charge in [-0.3, -0.25) is 5.32 Å². The van der Waals surface area contributed by atoms with Crippen LogP contribution < -0.4 is 10.6 Å². The number of nitrogens with one attached hydrogen (secondary N) is 2. The molecule has 0 radical (unpaired) electrons. The van der Waals surface area contributed by atoms with E-state index in [0.29, 0.717) is 0 Å². The summed E-state index contributed by atoms with van der Waals surface area (Å²) in [5, 5.41) is 12.5. The first-order valence-corrected chi connectivity index (χ1v) is 17.6. The van der Waals surface area contributed by atoms with E-state index in [2.05, 4.69) is 193 Å². The van der Waals surface area contributed by atoms with Gasteiger partial charge in [0.25, 0.3) is 0 Å². The van der Waals surface area contributed by atoms with Crippen molar-refractivity contribution in [1.82, 2.24) is 10.6 Å². The molecule has 0 saturated carbocycles. The lowest BCUT2D eigenvalue weighted by atomic mass is 9.90. The van der Waals surface area contributed by atoms with E-state index in [0.717, 1.165) is 49.9 Å². The van der Waals surface area contributed by atoms with Crippen molar-refractivity contribution in [2.75, 3.05) is 0 Å². The van der Waals surface area contributed by atoms with Gasteiger partial charge in [0.15, 0.2) is 0 Å². The molecule has 10 rings (SSSR count). The van der Waals surface area contributed by atoms with Crippen LogP contribution in [-0.2, 0) is 0 Å². The third-order valence-corrected chi connectivity index (χ3v) is 10.3. The molecule has 7 aromatic carbocycles. The molecule has 2 unspecified atom stereocenters. The van der Waals surface area contributed by atoms with Crippen LogP contribution in [0.2, 0.25) is 0 Å². The van der Waals surface area contributed by atoms with Gasteiger partial charge in [-0.15, -0.1) is 0 Å². The Bertz CT molecular complexity index is 2680. The van der Waals surface area contributed by atoms with Gasteiger partial charge in [0.1, 0.15) is 17.3 Å². The highest BCUT2D eigenvalue weighted by atomic mass is 16.3. The van der Waals surface area contributed by atoms with Crippen molar-refractivity contribution in [2.24, 2.45) is 0 Å². The molecule has 1 aliphatic heterocycles. The van der Waals surface area contributed by atoms with Crippen molar-refractivity contribution in [3.05, 3.63) is 199 Å². The maximum absolute atomic E-state index is 6.88. The van der Waals surface area contributed by atoms with Gasteiger partial charge in [-0.05, 0) is 67.9 Å². The Labute approximate surface area is 296 Å². The largest absolute Gasteiger partial charge is 0.455 e. The number of allylic oxidation sites excluding steroid dienone is 2. The van der Waals surface area contributed by atoms with Gasteiger partial charge in [0, 0.05) is 27.6 Å². The van der Waals surface area contributed by atoms with Crippen molar-refractivity contribution in [3.8, 4) is 33.4 Å². The van der Waals surface area contributed by atoms with Crippen LogP contribution in [0.4, 0.5) is 0 Å². The number of fused-ring (bicyclic) bond motifs is 5. The summed E-state index contributed by atoms with van der Waals surface area (Å²) in [7, 11) is 0. The topological polar surface area (TPSA) is 37.2 Å². The normalized spacial score (nSPS) is 16.9. The molecule has 2 heterocycles. The van der Waals surface area contributed by atoms with Gasteiger partial charge in [-0.2, -0.15) is 0 Å². The Hall–Kier alpha value is -6.42. The molecule has 3 nitrogen and oxygen atoms in total. The van der Waals surface area contributed by atoms with Crippen LogP contribution in [0.1, 0.15) is 17.3 Å². The zero-order valence-electron chi connectivity index (χ0n) is 27.9. The maximum Gasteiger partial charge on any atom is 0.143 e. The number of rotatable bonds is 5. The number of furan rings is 1. The average molecular weight is 655 g/mol. The number of hydrogen-bond acceptors (Lipinski definition) is 3. The van der Waals surface area contributed by atoms with E-state index in [4.69, 9.17) is 4.42 Å². The summed E-state index contributed by atoms with van der Waals surface area (Å²) in [6, 6.07) is 56.4. The summed E-state index contributed by atoms with van der Waals surface area (Å²) >= 11 is 0. The zero-order chi connectivity index (χ0) is 33.7. The van der Waals surface area contributed by atoms with E-state index >= 15 is 0 Å². The van der Waals surface area contributed by atoms with E-state index in [1.807, 2.05) is 0 Å². The molecule has 242 valence electrons. The fourth-order valence-electron chi connectivity index (χ4n) is 7.81. The lowest BCUT2D eigenvalue weighted by Crippen LogP contribution is -2.45. The van der Waals surface area contributed by atoms with Crippen LogP contribution in [0, 0.1) is 0 Å². The summed E-state index contributed by atoms with van der Waals surface area (Å²) < 4.78 is 6.88. The highest BCUT2D eigenvalue weighted by Crippen LogP contribution is 2.43. The van der Waals surface area contributed by atoms with Gasteiger partial charge >= 0.3 is 0 Å². The van der Waals surface area contributed by atoms with Crippen LogP contribution in [0.25, 0.3) is 71.8 Å². The molecule has 0 amide bonds. The van der Waals surface area contributed by atoms with Crippen molar-refractivity contribution >= 4 is 38.4 Å². The molecular formula is C48H34N2O. The molecule has 8 aromatic rings. The van der Waals surface area contributed by atoms with Crippen LogP contribution in [0.3, 0.4) is 0 Å². The minimum atomic E-state index is -0.172. The summed E-state index contributed by atoms with van der Waals surface area (Å²) in [6.45, 7) is 0. The van der Waals surface area contributed by atoms with Gasteiger partial charge in [-0.1, -0.05) is 164 Å². The molecule has 2 N–H and O–H groups in total. The summed E-state index contributed by atoms with van der Waals surface area (Å²) in [5.74, 6) is 0. The zero-order valence-corrected chi connectivity index (χ0v) is 27.9. The molecule has 51 heavy (non-hydrogen) atoms. The average Bonchev–Trinajstić information content (AvgIpc) is 3.58. The first-order chi connectivity index (χ1) is 25.3. The second kappa shape index (κ2) is 12.2. The Kier molecular flexibility index (Phi) is 7.04. The van der Waals surface area contributed by atoms with Crippen molar-refractivity contribution < 1.29 is 4.42 Å². The lowest BCUT2D eigenvalue weighted by molar-refractivity contribution is 0.462. The van der Waals surface area contributed by atoms with Gasteiger partial charge < -0.3 is 9.73 Å². The third-order valence-electron chi connectivity index (χ3n) is 10.3. The van der Waals surface area contributed by atoms with Crippen LogP contribution in [0.5, 0.6) is 0 Å². The first kappa shape index (κ1) is 29.5. The van der Waals surface area contributed by atoms with Crippen LogP contribution in [0.15, 0.2) is 192 Å². The number of benzene rings is 7. The predicted octanol–water partition coefficient (Wildman–Crippen LogP) is 11.8. The van der Waals surface area contributed by atoms with E-state index < -0.39 is 0 Å². The minimum Gasteiger partial charge on any atom is -0.455 e. The first-order valence-electron chi connectivity index (χ1n) is 17.6. The highest BCUT2D eigenvalue weighted by Gasteiger charge is 2.31. The van der Waals surface area contributed by atoms with Crippen LogP contribution >= 0.6 is 0 Å². The molecule has 1 aliphatic carbocycles. The van der Waals surface area contributed by atoms with Gasteiger partial charge in [0.2, 0.25) is 0 Å². The Morgan fingerprint density at radius 1 is 0.510 bits per heavy atom. The van der Waals surface area contributed by atoms with Gasteiger partial charge in [-0.25, -0.2) is 0 Å². The van der Waals surface area contributed by atoms with E-state index in [-0.39, 0.29) is 12.2 Å². The maximum atomic E-state index is 6.88. The standard InChI is InChI=1S/C48H34N2O/c1-3-12-31(13-4-1)33-22-24-34(25-23-33)39-26-27-41(45-42-29-36-16-7-8-17-37(36)30-44(42)51-47(39)45)48-49-43-21-10-9-20-40(43)46(50-48)38-19-11-18-35(28-38)32-14-5-2-6-15-32/h1-30,43,48-50H. The molecule has 2 aliphatic rings. The fourth-order valence-corrected chi connectivity index (χ4v) is 7.81. The van der Waals surface area contributed by atoms with Crippen molar-refractivity contribution in [1.29, 1.82) is 0 Å². The molecular weight excluding hydrogens is 621 g/mol. The molecule has 1 aromatic heterocycles. The summed E-state index contributed by atoms with van der Waals surface area (Å²) in [5.41, 5.74) is 13.5. The molecule has 3 heteroatoms. The van der Waals surface area contributed by atoms with E-state index in [1.54, 1.807) is 0 Å². The Morgan fingerprint density at radius 3 is 1.94 bits per heavy atom. The third kappa shape index (κ3) is 5.18. The number of hydrogen-bond donors (Lipinski definition) is 2. The molecule has 0 spiro atoms. The molecule has 0 fully saturated rings. The second-order valence-electron chi connectivity index (χ2n) is 13.4. The summed E-state index contributed by atoms with van der Waals surface area (Å²) in [4.78, 5) is 0. The SMILES string of the molecule is C1=CC2=C(c3cccc(-c4ccccc4)c3)NC(c3ccc(-c4ccc(-c5ccccc5)cc4)c4oc5cc6ccccc6cc5c34)NC2C=C1. The van der Waals surface area contributed by atoms with E-state index in [9.17, 15) is 0 Å². The summed E-state index contributed by atoms with van der Waals surface area (Å²) in [6.07, 6.45) is 8.57. The molecule has 2 atom stereocenters. The Morgan fingerprint density at radius 2 is 1.16 bits per heavy atom.